The molecular weight excluding hydrogens is 268 g/mol. The van der Waals surface area contributed by atoms with Gasteiger partial charge in [0.1, 0.15) is 0 Å². The van der Waals surface area contributed by atoms with Crippen LogP contribution in [0, 0.1) is 0 Å². The number of rotatable bonds is 5. The molecule has 5 heteroatoms. The maximum Gasteiger partial charge on any atom is 0.243 e. The monoisotopic (exact) mass is 286 g/mol. The molecule has 4 N–H and O–H groups in total. The maximum absolute atomic E-state index is 11.6. The van der Waals surface area contributed by atoms with E-state index >= 15 is 0 Å². The molecule has 1 aromatic rings. The first kappa shape index (κ1) is 14.7. The summed E-state index contributed by atoms with van der Waals surface area (Å²) in [6.45, 7) is 1.18. The van der Waals surface area contributed by atoms with Gasteiger partial charge in [-0.1, -0.05) is 18.2 Å². The molecule has 2 rings (SSSR count). The fourth-order valence-corrected chi connectivity index (χ4v) is 1.89. The highest BCUT2D eigenvalue weighted by atomic mass is 16.3. The van der Waals surface area contributed by atoms with Crippen LogP contribution in [0.3, 0.4) is 0 Å². The van der Waals surface area contributed by atoms with Gasteiger partial charge in [-0.2, -0.15) is 0 Å². The summed E-state index contributed by atoms with van der Waals surface area (Å²) < 4.78 is 0. The van der Waals surface area contributed by atoms with Crippen LogP contribution in [0.5, 0.6) is 11.5 Å². The Bertz CT molecular complexity index is 604. The van der Waals surface area contributed by atoms with Gasteiger partial charge in [-0.15, -0.1) is 0 Å². The summed E-state index contributed by atoms with van der Waals surface area (Å²) in [5.41, 5.74) is 1.88. The fourth-order valence-electron chi connectivity index (χ4n) is 1.89. The van der Waals surface area contributed by atoms with Crippen LogP contribution in [-0.2, 0) is 11.2 Å². The second-order valence-electron chi connectivity index (χ2n) is 4.68. The summed E-state index contributed by atoms with van der Waals surface area (Å²) in [5.74, 6) is -0.453. The van der Waals surface area contributed by atoms with Gasteiger partial charge < -0.3 is 20.8 Å². The van der Waals surface area contributed by atoms with E-state index in [-0.39, 0.29) is 17.4 Å². The third kappa shape index (κ3) is 4.72. The summed E-state index contributed by atoms with van der Waals surface area (Å²) in [7, 11) is 0. The fraction of sp³-hybridized carbons (Fsp3) is 0.188. The summed E-state index contributed by atoms with van der Waals surface area (Å²) in [5, 5.41) is 24.4. The van der Waals surface area contributed by atoms with E-state index < -0.39 is 0 Å². The van der Waals surface area contributed by atoms with Gasteiger partial charge in [-0.25, -0.2) is 0 Å². The van der Waals surface area contributed by atoms with Gasteiger partial charge in [0.25, 0.3) is 0 Å². The smallest absolute Gasteiger partial charge is 0.243 e. The molecule has 0 radical (unpaired) electrons. The predicted octanol–water partition coefficient (Wildman–Crippen LogP) is 1.36. The van der Waals surface area contributed by atoms with Gasteiger partial charge >= 0.3 is 0 Å². The first-order chi connectivity index (χ1) is 10.1. The molecule has 0 saturated heterocycles. The number of dihydropyridines is 1. The van der Waals surface area contributed by atoms with Crippen LogP contribution < -0.4 is 10.6 Å². The lowest BCUT2D eigenvalue weighted by Gasteiger charge is -2.06. The van der Waals surface area contributed by atoms with Crippen molar-refractivity contribution in [3.63, 3.8) is 0 Å². The number of allylic oxidation sites excluding steroid dienone is 2. The molecule has 0 spiro atoms. The summed E-state index contributed by atoms with van der Waals surface area (Å²) >= 11 is 0. The molecule has 0 bridgehead atoms. The van der Waals surface area contributed by atoms with Gasteiger partial charge in [0.15, 0.2) is 11.5 Å². The number of hydrogen-bond donors (Lipinski definition) is 4. The number of hydrogen-bond acceptors (Lipinski definition) is 4. The minimum Gasteiger partial charge on any atom is -0.504 e. The van der Waals surface area contributed by atoms with Crippen LogP contribution in [0.15, 0.2) is 54.3 Å². The quantitative estimate of drug-likeness (QED) is 0.486. The lowest BCUT2D eigenvalue weighted by atomic mass is 10.1. The van der Waals surface area contributed by atoms with Crippen LogP contribution in [0.1, 0.15) is 5.56 Å². The van der Waals surface area contributed by atoms with Crippen LogP contribution in [0.2, 0.25) is 0 Å². The van der Waals surface area contributed by atoms with Crippen LogP contribution in [0.25, 0.3) is 0 Å². The highest BCUT2D eigenvalue weighted by Crippen LogP contribution is 2.24. The van der Waals surface area contributed by atoms with Crippen LogP contribution >= 0.6 is 0 Å². The summed E-state index contributed by atoms with van der Waals surface area (Å²) in [6.07, 6.45) is 9.54. The first-order valence-electron chi connectivity index (χ1n) is 6.71. The molecule has 0 saturated carbocycles. The number of carbonyl (C=O) groups excluding carboxylic acids is 1. The Hall–Kier alpha value is -2.69. The zero-order valence-electron chi connectivity index (χ0n) is 11.5. The zero-order valence-corrected chi connectivity index (χ0v) is 11.5. The molecule has 1 aromatic carbocycles. The van der Waals surface area contributed by atoms with Gasteiger partial charge in [0.05, 0.1) is 0 Å². The largest absolute Gasteiger partial charge is 0.504 e. The second kappa shape index (κ2) is 7.19. The molecule has 1 aliphatic rings. The Labute approximate surface area is 123 Å². The molecule has 0 aromatic heterocycles. The Morgan fingerprint density at radius 1 is 1.33 bits per heavy atom. The molecule has 0 fully saturated rings. The third-order valence-corrected chi connectivity index (χ3v) is 3.03. The van der Waals surface area contributed by atoms with E-state index in [4.69, 9.17) is 0 Å². The van der Waals surface area contributed by atoms with Crippen molar-refractivity contribution in [3.8, 4) is 11.5 Å². The average Bonchev–Trinajstić information content (AvgIpc) is 2.50. The van der Waals surface area contributed by atoms with Gasteiger partial charge in [0, 0.05) is 19.2 Å². The van der Waals surface area contributed by atoms with Gasteiger partial charge in [-0.05, 0) is 42.0 Å². The number of benzene rings is 1. The van der Waals surface area contributed by atoms with Crippen molar-refractivity contribution in [2.75, 3.05) is 13.1 Å². The SMILES string of the molecule is O=C(/C=C/C1=CC=CNC1)NCCc1ccc(O)c(O)c1. The minimum atomic E-state index is -0.159. The van der Waals surface area contributed by atoms with E-state index in [1.807, 2.05) is 18.4 Å². The van der Waals surface area contributed by atoms with Crippen molar-refractivity contribution >= 4 is 5.91 Å². The van der Waals surface area contributed by atoms with Gasteiger partial charge in [0.2, 0.25) is 5.91 Å². The Balaban J connectivity index is 1.76. The van der Waals surface area contributed by atoms with Crippen molar-refractivity contribution < 1.29 is 15.0 Å². The van der Waals surface area contributed by atoms with E-state index in [0.29, 0.717) is 19.5 Å². The topological polar surface area (TPSA) is 81.6 Å². The minimum absolute atomic E-state index is 0.144. The highest BCUT2D eigenvalue weighted by Gasteiger charge is 2.02. The molecule has 1 heterocycles. The summed E-state index contributed by atoms with van der Waals surface area (Å²) in [4.78, 5) is 11.6. The normalized spacial score (nSPS) is 13.8. The molecular formula is C16H18N2O3. The van der Waals surface area contributed by atoms with Crippen molar-refractivity contribution in [3.05, 3.63) is 59.8 Å². The van der Waals surface area contributed by atoms with E-state index in [9.17, 15) is 15.0 Å². The van der Waals surface area contributed by atoms with E-state index in [1.165, 1.54) is 18.2 Å². The number of nitrogens with one attached hydrogen (secondary N) is 2. The highest BCUT2D eigenvalue weighted by molar-refractivity contribution is 5.87. The Morgan fingerprint density at radius 3 is 2.90 bits per heavy atom. The number of carbonyl (C=O) groups is 1. The van der Waals surface area contributed by atoms with Gasteiger partial charge in [-0.3, -0.25) is 4.79 Å². The maximum atomic E-state index is 11.6. The predicted molar refractivity (Wildman–Crippen MR) is 80.9 cm³/mol. The van der Waals surface area contributed by atoms with Crippen molar-refractivity contribution in [1.29, 1.82) is 0 Å². The van der Waals surface area contributed by atoms with Crippen molar-refractivity contribution in [2.24, 2.45) is 0 Å². The number of amides is 1. The average molecular weight is 286 g/mol. The van der Waals surface area contributed by atoms with E-state index in [1.54, 1.807) is 12.1 Å². The Kier molecular flexibility index (Phi) is 5.04. The van der Waals surface area contributed by atoms with Crippen LogP contribution in [-0.4, -0.2) is 29.2 Å². The Morgan fingerprint density at radius 2 is 2.19 bits per heavy atom. The summed E-state index contributed by atoms with van der Waals surface area (Å²) in [6, 6.07) is 4.63. The number of phenols is 2. The second-order valence-corrected chi connectivity index (χ2v) is 4.68. The van der Waals surface area contributed by atoms with Crippen molar-refractivity contribution in [2.45, 2.75) is 6.42 Å². The van der Waals surface area contributed by atoms with E-state index in [0.717, 1.165) is 11.1 Å². The lowest BCUT2D eigenvalue weighted by Crippen LogP contribution is -2.23. The molecule has 0 atom stereocenters. The van der Waals surface area contributed by atoms with E-state index in [2.05, 4.69) is 10.6 Å². The molecule has 1 amide bonds. The number of aromatic hydroxyl groups is 2. The zero-order chi connectivity index (χ0) is 15.1. The molecule has 110 valence electrons. The lowest BCUT2D eigenvalue weighted by molar-refractivity contribution is -0.116. The molecule has 0 aliphatic carbocycles. The van der Waals surface area contributed by atoms with Crippen LogP contribution in [0.4, 0.5) is 0 Å². The molecule has 1 aliphatic heterocycles. The number of phenolic OH excluding ortho intramolecular Hbond substituents is 2. The van der Waals surface area contributed by atoms with Crippen molar-refractivity contribution in [1.82, 2.24) is 10.6 Å². The molecule has 0 unspecified atom stereocenters. The standard InChI is InChI=1S/C16H18N2O3/c19-14-5-3-12(10-15(14)20)7-9-18-16(21)6-4-13-2-1-8-17-11-13/h1-6,8,10,17,19-20H,7,9,11H2,(H,18,21)/b6-4+. The molecule has 21 heavy (non-hydrogen) atoms. The third-order valence-electron chi connectivity index (χ3n) is 3.03. The first-order valence-corrected chi connectivity index (χ1v) is 6.71. The molecule has 5 nitrogen and oxygen atoms in total.